The van der Waals surface area contributed by atoms with Crippen LogP contribution in [0.2, 0.25) is 0 Å². The first kappa shape index (κ1) is 23.5. The Hall–Kier alpha value is -2.29. The Kier molecular flexibility index (Phi) is 6.02. The number of aliphatic hydroxyl groups excluding tert-OH is 1. The van der Waals surface area contributed by atoms with Gasteiger partial charge in [-0.1, -0.05) is 42.5 Å². The van der Waals surface area contributed by atoms with Crippen LogP contribution in [-0.4, -0.2) is 54.8 Å². The average Bonchev–Trinajstić information content (AvgIpc) is 3.59. The van der Waals surface area contributed by atoms with Crippen LogP contribution < -0.4 is 4.72 Å². The quantitative estimate of drug-likeness (QED) is 0.629. The number of hydrogen-bond donors (Lipinski definition) is 2. The highest BCUT2D eigenvalue weighted by atomic mass is 32.2. The molecule has 4 fully saturated rings. The van der Waals surface area contributed by atoms with Gasteiger partial charge in [0, 0.05) is 17.6 Å². The molecule has 6 rings (SSSR count). The lowest BCUT2D eigenvalue weighted by Crippen LogP contribution is -2.71. The summed E-state index contributed by atoms with van der Waals surface area (Å²) < 4.78 is 42.8. The first-order valence-electron chi connectivity index (χ1n) is 12.0. The Morgan fingerprint density at radius 1 is 1.21 bits per heavy atom. The fraction of sp³-hybridized carbons (Fsp3) is 0.500. The predicted octanol–water partition coefficient (Wildman–Crippen LogP) is 3.20. The fourth-order valence-corrected chi connectivity index (χ4v) is 6.52. The van der Waals surface area contributed by atoms with E-state index in [-0.39, 0.29) is 24.2 Å². The number of sulfonamides is 1. The van der Waals surface area contributed by atoms with E-state index >= 15 is 4.39 Å². The van der Waals surface area contributed by atoms with Crippen LogP contribution in [0.5, 0.6) is 0 Å². The molecule has 0 radical (unpaired) electrons. The number of piperidine rings is 2. The number of carbonyl (C=O) groups is 1. The average molecular weight is 487 g/mol. The van der Waals surface area contributed by atoms with Crippen molar-refractivity contribution in [3.63, 3.8) is 0 Å². The van der Waals surface area contributed by atoms with E-state index in [0.29, 0.717) is 29.9 Å². The minimum absolute atomic E-state index is 0.0591. The molecule has 2 aromatic rings. The van der Waals surface area contributed by atoms with E-state index < -0.39 is 34.1 Å². The summed E-state index contributed by atoms with van der Waals surface area (Å²) in [6.45, 7) is 1.41. The molecular formula is C26H31FN2O4S. The molecule has 2 saturated heterocycles. The number of fused-ring (bicyclic) bond motifs is 2. The molecule has 0 spiro atoms. The molecule has 4 aliphatic rings. The number of hydrogen-bond acceptors (Lipinski definition) is 4. The molecule has 6 nitrogen and oxygen atoms in total. The van der Waals surface area contributed by atoms with Crippen LogP contribution in [-0.2, 0) is 21.2 Å². The van der Waals surface area contributed by atoms with Crippen LogP contribution in [0.25, 0.3) is 11.1 Å². The lowest BCUT2D eigenvalue weighted by molar-refractivity contribution is -0.157. The van der Waals surface area contributed by atoms with Gasteiger partial charge in [-0.25, -0.2) is 17.5 Å². The highest BCUT2D eigenvalue weighted by Gasteiger charge is 2.53. The van der Waals surface area contributed by atoms with Gasteiger partial charge >= 0.3 is 0 Å². The van der Waals surface area contributed by atoms with Crippen LogP contribution in [0, 0.1) is 11.7 Å². The van der Waals surface area contributed by atoms with Crippen molar-refractivity contribution < 1.29 is 22.7 Å². The van der Waals surface area contributed by atoms with E-state index in [1.54, 1.807) is 23.1 Å². The van der Waals surface area contributed by atoms with E-state index in [0.717, 1.165) is 24.7 Å². The van der Waals surface area contributed by atoms with Gasteiger partial charge in [-0.2, -0.15) is 0 Å². The SMILES string of the molecule is C[C@@H](O)C(=O)N1C2CC(C2)[C@H](NS(C)(=O)=O)[C@@H]1Cc1cccc(-c2cccc(C3CC3)c2)c1F. The van der Waals surface area contributed by atoms with Crippen LogP contribution in [0.15, 0.2) is 42.5 Å². The Balaban J connectivity index is 1.50. The van der Waals surface area contributed by atoms with E-state index in [2.05, 4.69) is 10.8 Å². The number of rotatable bonds is 7. The van der Waals surface area contributed by atoms with Gasteiger partial charge in [-0.3, -0.25) is 4.79 Å². The topological polar surface area (TPSA) is 86.7 Å². The number of aliphatic hydroxyl groups is 1. The summed E-state index contributed by atoms with van der Waals surface area (Å²) in [4.78, 5) is 14.5. The maximum atomic E-state index is 15.8. The molecule has 1 amide bonds. The van der Waals surface area contributed by atoms with Crippen molar-refractivity contribution in [1.29, 1.82) is 0 Å². The van der Waals surface area contributed by atoms with Crippen molar-refractivity contribution in [3.8, 4) is 11.1 Å². The molecule has 2 bridgehead atoms. The number of benzene rings is 2. The molecule has 2 aromatic carbocycles. The second-order valence-corrected chi connectivity index (χ2v) is 12.0. The molecule has 3 atom stereocenters. The molecule has 0 unspecified atom stereocenters. The van der Waals surface area contributed by atoms with Gasteiger partial charge < -0.3 is 10.0 Å². The number of halogens is 1. The summed E-state index contributed by atoms with van der Waals surface area (Å²) >= 11 is 0. The van der Waals surface area contributed by atoms with Crippen molar-refractivity contribution in [2.75, 3.05) is 6.26 Å². The first-order chi connectivity index (χ1) is 16.1. The van der Waals surface area contributed by atoms with E-state index in [9.17, 15) is 18.3 Å². The van der Waals surface area contributed by atoms with Gasteiger partial charge in [0.1, 0.15) is 11.9 Å². The molecule has 2 heterocycles. The van der Waals surface area contributed by atoms with Gasteiger partial charge in [0.05, 0.1) is 12.3 Å². The highest BCUT2D eigenvalue weighted by Crippen LogP contribution is 2.45. The molecule has 2 saturated carbocycles. The van der Waals surface area contributed by atoms with Gasteiger partial charge in [0.15, 0.2) is 0 Å². The molecule has 2 aliphatic heterocycles. The zero-order valence-electron chi connectivity index (χ0n) is 19.4. The second-order valence-electron chi connectivity index (χ2n) is 10.2. The summed E-state index contributed by atoms with van der Waals surface area (Å²) in [5.41, 5.74) is 2.98. The third-order valence-corrected chi connectivity index (χ3v) is 8.24. The van der Waals surface area contributed by atoms with Gasteiger partial charge in [0.25, 0.3) is 5.91 Å². The smallest absolute Gasteiger partial charge is 0.251 e. The summed E-state index contributed by atoms with van der Waals surface area (Å²) in [6.07, 6.45) is 3.75. The van der Waals surface area contributed by atoms with Crippen molar-refractivity contribution in [3.05, 3.63) is 59.4 Å². The Labute approximate surface area is 200 Å². The molecule has 34 heavy (non-hydrogen) atoms. The van der Waals surface area contributed by atoms with Gasteiger partial charge in [-0.15, -0.1) is 0 Å². The van der Waals surface area contributed by atoms with E-state index in [4.69, 9.17) is 0 Å². The lowest BCUT2D eigenvalue weighted by atomic mass is 9.66. The predicted molar refractivity (Wildman–Crippen MR) is 128 cm³/mol. The zero-order chi connectivity index (χ0) is 24.2. The zero-order valence-corrected chi connectivity index (χ0v) is 20.3. The largest absolute Gasteiger partial charge is 0.384 e. The van der Waals surface area contributed by atoms with Crippen molar-refractivity contribution in [2.45, 2.75) is 69.2 Å². The number of carbonyl (C=O) groups excluding carboxylic acids is 1. The fourth-order valence-electron chi connectivity index (χ4n) is 5.68. The Morgan fingerprint density at radius 3 is 2.56 bits per heavy atom. The molecular weight excluding hydrogens is 455 g/mol. The standard InChI is InChI=1S/C26H31FN2O4S/c1-15(30)26(31)29-21-12-20(13-21)25(28-34(2,32)33)23(29)14-19-7-4-8-22(24(19)27)18-6-3-5-17(11-18)16-9-10-16/h3-8,11,15-16,20-21,23,25,28,30H,9-10,12-14H2,1-2H3/t15-,20?,21?,23+,25+/m1/s1. The first-order valence-corrected chi connectivity index (χ1v) is 13.9. The maximum Gasteiger partial charge on any atom is 0.251 e. The number of nitrogens with one attached hydrogen (secondary N) is 1. The molecule has 2 N–H and O–H groups in total. The molecule has 8 heteroatoms. The summed E-state index contributed by atoms with van der Waals surface area (Å²) in [5.74, 6) is -0.147. The number of amides is 1. The summed E-state index contributed by atoms with van der Waals surface area (Å²) in [7, 11) is -3.54. The summed E-state index contributed by atoms with van der Waals surface area (Å²) in [6, 6.07) is 12.1. The Bertz CT molecular complexity index is 1210. The maximum absolute atomic E-state index is 15.8. The third kappa shape index (κ3) is 4.51. The normalized spacial score (nSPS) is 27.2. The monoisotopic (exact) mass is 486 g/mol. The van der Waals surface area contributed by atoms with Crippen LogP contribution in [0.3, 0.4) is 0 Å². The van der Waals surface area contributed by atoms with Crippen molar-refractivity contribution >= 4 is 15.9 Å². The Morgan fingerprint density at radius 2 is 1.91 bits per heavy atom. The van der Waals surface area contributed by atoms with Crippen molar-refractivity contribution in [1.82, 2.24) is 9.62 Å². The molecule has 2 aliphatic carbocycles. The van der Waals surface area contributed by atoms with Crippen LogP contribution in [0.1, 0.15) is 49.7 Å². The van der Waals surface area contributed by atoms with Gasteiger partial charge in [-0.05, 0) is 67.6 Å². The number of nitrogens with zero attached hydrogens (tertiary/aromatic N) is 1. The minimum Gasteiger partial charge on any atom is -0.384 e. The van der Waals surface area contributed by atoms with E-state index in [1.165, 1.54) is 12.5 Å². The molecule has 0 aromatic heterocycles. The van der Waals surface area contributed by atoms with Crippen molar-refractivity contribution in [2.24, 2.45) is 5.92 Å². The highest BCUT2D eigenvalue weighted by molar-refractivity contribution is 7.88. The second kappa shape index (κ2) is 8.73. The lowest BCUT2D eigenvalue weighted by Gasteiger charge is -2.58. The molecule has 182 valence electrons. The third-order valence-electron chi connectivity index (χ3n) is 7.54. The van der Waals surface area contributed by atoms with Crippen LogP contribution in [0.4, 0.5) is 4.39 Å². The summed E-state index contributed by atoms with van der Waals surface area (Å²) in [5, 5.41) is 10.0. The van der Waals surface area contributed by atoms with E-state index in [1.807, 2.05) is 18.2 Å². The minimum atomic E-state index is -3.54. The van der Waals surface area contributed by atoms with Gasteiger partial charge in [0.2, 0.25) is 10.0 Å². The van der Waals surface area contributed by atoms with Crippen LogP contribution >= 0.6 is 0 Å².